The summed E-state index contributed by atoms with van der Waals surface area (Å²) in [7, 11) is 0. The molecular weight excluding hydrogens is 324 g/mol. The van der Waals surface area contributed by atoms with E-state index >= 15 is 0 Å². The first-order valence-corrected chi connectivity index (χ1v) is 10.7. The lowest BCUT2D eigenvalue weighted by Gasteiger charge is -2.25. The molecule has 0 bridgehead atoms. The van der Waals surface area contributed by atoms with E-state index in [0.717, 1.165) is 50.0 Å². The molecule has 140 valence electrons. The number of nitrogens with zero attached hydrogens (tertiary/aromatic N) is 3. The van der Waals surface area contributed by atoms with Gasteiger partial charge in [0.25, 0.3) is 5.56 Å². The molecule has 3 aliphatic rings. The summed E-state index contributed by atoms with van der Waals surface area (Å²) in [5.41, 5.74) is 4.78. The van der Waals surface area contributed by atoms with E-state index in [-0.39, 0.29) is 5.56 Å². The van der Waals surface area contributed by atoms with Crippen LogP contribution in [0.1, 0.15) is 74.1 Å². The van der Waals surface area contributed by atoms with E-state index in [4.69, 9.17) is 5.10 Å². The average molecular weight is 354 g/mol. The van der Waals surface area contributed by atoms with Gasteiger partial charge in [0.2, 0.25) is 0 Å². The fourth-order valence-electron chi connectivity index (χ4n) is 5.10. The Kier molecular flexibility index (Phi) is 4.35. The van der Waals surface area contributed by atoms with Crippen LogP contribution in [0.5, 0.6) is 0 Å². The Morgan fingerprint density at radius 2 is 1.73 bits per heavy atom. The van der Waals surface area contributed by atoms with Crippen LogP contribution in [0, 0.1) is 0 Å². The molecule has 2 aliphatic carbocycles. The molecule has 5 heteroatoms. The number of aromatic nitrogens is 3. The quantitative estimate of drug-likeness (QED) is 0.896. The zero-order chi connectivity index (χ0) is 17.5. The van der Waals surface area contributed by atoms with Crippen molar-refractivity contribution in [1.29, 1.82) is 0 Å². The highest BCUT2D eigenvalue weighted by Crippen LogP contribution is 2.40. The normalized spacial score (nSPS) is 21.2. The second-order valence-electron chi connectivity index (χ2n) is 8.48. The summed E-state index contributed by atoms with van der Waals surface area (Å²) in [6.07, 6.45) is 12.0. The van der Waals surface area contributed by atoms with Crippen molar-refractivity contribution in [2.24, 2.45) is 0 Å². The van der Waals surface area contributed by atoms with Crippen molar-refractivity contribution in [2.75, 3.05) is 19.6 Å². The maximum atomic E-state index is 12.7. The number of H-pyrrole nitrogens is 1. The van der Waals surface area contributed by atoms with Crippen LogP contribution in [0.2, 0.25) is 0 Å². The number of likely N-dealkylation sites (tertiary alicyclic amines) is 1. The van der Waals surface area contributed by atoms with Crippen LogP contribution in [0.4, 0.5) is 0 Å². The number of nitrogens with one attached hydrogen (secondary N) is 1. The number of hydrogen-bond acceptors (Lipinski definition) is 3. The van der Waals surface area contributed by atoms with Gasteiger partial charge in [-0.05, 0) is 83.0 Å². The summed E-state index contributed by atoms with van der Waals surface area (Å²) in [6, 6.07) is 0. The van der Waals surface area contributed by atoms with Crippen LogP contribution in [-0.2, 0) is 19.4 Å². The summed E-state index contributed by atoms with van der Waals surface area (Å²) in [6.45, 7) is 4.55. The minimum Gasteiger partial charge on any atom is -0.307 e. The van der Waals surface area contributed by atoms with Gasteiger partial charge in [-0.2, -0.15) is 5.10 Å². The molecule has 2 aromatic rings. The van der Waals surface area contributed by atoms with Gasteiger partial charge >= 0.3 is 0 Å². The Morgan fingerprint density at radius 1 is 0.962 bits per heavy atom. The number of fused-ring (bicyclic) bond motifs is 3. The Labute approximate surface area is 154 Å². The SMILES string of the molecule is O=c1[nH]c2c(c(C3CCC3)nn2CCCN2CCCC2)c2c1CCCC2. The van der Waals surface area contributed by atoms with E-state index in [0.29, 0.717) is 5.92 Å². The monoisotopic (exact) mass is 354 g/mol. The van der Waals surface area contributed by atoms with E-state index in [1.165, 1.54) is 68.3 Å². The predicted molar refractivity (Wildman–Crippen MR) is 104 cm³/mol. The first-order chi connectivity index (χ1) is 12.8. The molecule has 0 amide bonds. The highest BCUT2D eigenvalue weighted by molar-refractivity contribution is 5.84. The first-order valence-electron chi connectivity index (χ1n) is 10.7. The molecule has 0 unspecified atom stereocenters. The van der Waals surface area contributed by atoms with Gasteiger partial charge < -0.3 is 9.88 Å². The van der Waals surface area contributed by atoms with Gasteiger partial charge in [0.1, 0.15) is 5.65 Å². The second kappa shape index (κ2) is 6.84. The van der Waals surface area contributed by atoms with Gasteiger partial charge in [0.05, 0.1) is 5.69 Å². The van der Waals surface area contributed by atoms with Crippen molar-refractivity contribution in [3.8, 4) is 0 Å². The number of rotatable bonds is 5. The van der Waals surface area contributed by atoms with Crippen LogP contribution in [-0.4, -0.2) is 39.3 Å². The van der Waals surface area contributed by atoms with Crippen LogP contribution >= 0.6 is 0 Å². The third-order valence-electron chi connectivity index (χ3n) is 6.79. The summed E-state index contributed by atoms with van der Waals surface area (Å²) in [4.78, 5) is 18.4. The lowest BCUT2D eigenvalue weighted by molar-refractivity contribution is 0.322. The molecule has 0 radical (unpaired) electrons. The van der Waals surface area contributed by atoms with Crippen molar-refractivity contribution < 1.29 is 0 Å². The number of hydrogen-bond donors (Lipinski definition) is 1. The standard InChI is InChI=1S/C21H30N4O/c26-21-17-10-2-1-9-16(17)18-19(15-7-5-8-15)23-25(20(18)22-21)14-6-13-24-11-3-4-12-24/h15H,1-14H2,(H,22,26). The number of pyridine rings is 1. The summed E-state index contributed by atoms with van der Waals surface area (Å²) < 4.78 is 2.12. The van der Waals surface area contributed by atoms with Crippen LogP contribution in [0.3, 0.4) is 0 Å². The summed E-state index contributed by atoms with van der Waals surface area (Å²) in [5.74, 6) is 0.606. The van der Waals surface area contributed by atoms with Gasteiger partial charge in [-0.1, -0.05) is 6.42 Å². The first kappa shape index (κ1) is 16.5. The van der Waals surface area contributed by atoms with Gasteiger partial charge in [0, 0.05) is 23.4 Å². The summed E-state index contributed by atoms with van der Waals surface area (Å²) >= 11 is 0. The number of aromatic amines is 1. The summed E-state index contributed by atoms with van der Waals surface area (Å²) in [5, 5.41) is 6.36. The van der Waals surface area contributed by atoms with Crippen molar-refractivity contribution in [3.63, 3.8) is 0 Å². The molecule has 5 rings (SSSR count). The molecule has 1 aliphatic heterocycles. The van der Waals surface area contributed by atoms with E-state index in [1.807, 2.05) is 0 Å². The molecule has 26 heavy (non-hydrogen) atoms. The Hall–Kier alpha value is -1.62. The van der Waals surface area contributed by atoms with E-state index in [1.54, 1.807) is 0 Å². The largest absolute Gasteiger partial charge is 0.307 e. The third-order valence-corrected chi connectivity index (χ3v) is 6.79. The van der Waals surface area contributed by atoms with Gasteiger partial charge in [-0.25, -0.2) is 4.68 Å². The Balaban J connectivity index is 1.51. The molecule has 1 N–H and O–H groups in total. The Bertz CT molecular complexity index is 855. The lowest BCUT2D eigenvalue weighted by atomic mass is 9.80. The van der Waals surface area contributed by atoms with E-state index < -0.39 is 0 Å². The van der Waals surface area contributed by atoms with Crippen LogP contribution in [0.15, 0.2) is 4.79 Å². The highest BCUT2D eigenvalue weighted by Gasteiger charge is 2.29. The lowest BCUT2D eigenvalue weighted by Crippen LogP contribution is -2.22. The van der Waals surface area contributed by atoms with E-state index in [9.17, 15) is 4.79 Å². The topological polar surface area (TPSA) is 53.9 Å². The van der Waals surface area contributed by atoms with Crippen molar-refractivity contribution >= 4 is 11.0 Å². The van der Waals surface area contributed by atoms with Gasteiger partial charge in [-0.15, -0.1) is 0 Å². The second-order valence-corrected chi connectivity index (χ2v) is 8.48. The zero-order valence-electron chi connectivity index (χ0n) is 15.7. The van der Waals surface area contributed by atoms with Crippen molar-refractivity contribution in [3.05, 3.63) is 27.2 Å². The van der Waals surface area contributed by atoms with Crippen molar-refractivity contribution in [2.45, 2.75) is 76.7 Å². The van der Waals surface area contributed by atoms with Crippen molar-refractivity contribution in [1.82, 2.24) is 19.7 Å². The fourth-order valence-corrected chi connectivity index (χ4v) is 5.10. The molecule has 0 aromatic carbocycles. The highest BCUT2D eigenvalue weighted by atomic mass is 16.1. The molecule has 0 spiro atoms. The molecule has 1 saturated carbocycles. The molecule has 5 nitrogen and oxygen atoms in total. The van der Waals surface area contributed by atoms with Crippen LogP contribution in [0.25, 0.3) is 11.0 Å². The van der Waals surface area contributed by atoms with Gasteiger partial charge in [0.15, 0.2) is 0 Å². The smallest absolute Gasteiger partial charge is 0.253 e. The molecular formula is C21H30N4O. The van der Waals surface area contributed by atoms with Gasteiger partial charge in [-0.3, -0.25) is 4.79 Å². The van der Waals surface area contributed by atoms with Crippen LogP contribution < -0.4 is 5.56 Å². The minimum atomic E-state index is 0.132. The average Bonchev–Trinajstić information content (AvgIpc) is 3.23. The third kappa shape index (κ3) is 2.81. The molecule has 0 atom stereocenters. The minimum absolute atomic E-state index is 0.132. The molecule has 2 fully saturated rings. The van der Waals surface area contributed by atoms with E-state index in [2.05, 4.69) is 14.6 Å². The maximum absolute atomic E-state index is 12.7. The fraction of sp³-hybridized carbons (Fsp3) is 0.714. The number of aryl methyl sites for hydroxylation is 2. The zero-order valence-corrected chi connectivity index (χ0v) is 15.7. The maximum Gasteiger partial charge on any atom is 0.253 e. The predicted octanol–water partition coefficient (Wildman–Crippen LogP) is 3.36. The molecule has 3 heterocycles. The Morgan fingerprint density at radius 3 is 2.46 bits per heavy atom. The molecule has 2 aromatic heterocycles. The molecule has 1 saturated heterocycles.